The first-order valence-corrected chi connectivity index (χ1v) is 8.75. The summed E-state index contributed by atoms with van der Waals surface area (Å²) < 4.78 is 26.7. The fourth-order valence-corrected chi connectivity index (χ4v) is 2.68. The molecule has 0 aromatic rings. The van der Waals surface area contributed by atoms with Crippen molar-refractivity contribution in [2.75, 3.05) is 27.8 Å². The van der Waals surface area contributed by atoms with Crippen LogP contribution in [0.5, 0.6) is 0 Å². The lowest BCUT2D eigenvalue weighted by Gasteiger charge is -2.21. The molecular formula is C18H32O6. The number of cyclic esters (lactones) is 1. The fourth-order valence-electron chi connectivity index (χ4n) is 2.68. The molecule has 0 unspecified atom stereocenters. The standard InChI is InChI=1S/C18H32O6/c1-15-7-5-4-6-8-16(22-13-20-2)9-10-17(23-14-21-3)11-12-18(19)24-15/h11-12,15-17H,4-10,13-14H2,1-3H3/b12-11+/t15-,16-,17-/m0/s1. The maximum atomic E-state index is 11.9. The predicted octanol–water partition coefficient (Wildman–Crippen LogP) is 3.20. The van der Waals surface area contributed by atoms with Crippen molar-refractivity contribution < 1.29 is 28.5 Å². The normalized spacial score (nSPS) is 28.8. The van der Waals surface area contributed by atoms with Crippen LogP contribution in [0.3, 0.4) is 0 Å². The number of hydrogen-bond acceptors (Lipinski definition) is 6. The van der Waals surface area contributed by atoms with Gasteiger partial charge in [-0.1, -0.05) is 12.8 Å². The summed E-state index contributed by atoms with van der Waals surface area (Å²) in [7, 11) is 3.20. The molecule has 1 rings (SSSR count). The Hall–Kier alpha value is -0.950. The lowest BCUT2D eigenvalue weighted by molar-refractivity contribution is -0.142. The average Bonchev–Trinajstić information content (AvgIpc) is 2.56. The Labute approximate surface area is 145 Å². The first kappa shape index (κ1) is 21.1. The monoisotopic (exact) mass is 344 g/mol. The average molecular weight is 344 g/mol. The lowest BCUT2D eigenvalue weighted by atomic mass is 10.0. The highest BCUT2D eigenvalue weighted by Crippen LogP contribution is 2.18. The third-order valence-electron chi connectivity index (χ3n) is 4.00. The van der Waals surface area contributed by atoms with Crippen molar-refractivity contribution in [1.82, 2.24) is 0 Å². The van der Waals surface area contributed by atoms with Gasteiger partial charge in [-0.25, -0.2) is 4.79 Å². The van der Waals surface area contributed by atoms with Crippen molar-refractivity contribution in [1.29, 1.82) is 0 Å². The summed E-state index contributed by atoms with van der Waals surface area (Å²) in [6.45, 7) is 2.42. The Morgan fingerprint density at radius 3 is 2.46 bits per heavy atom. The van der Waals surface area contributed by atoms with Gasteiger partial charge in [-0.3, -0.25) is 0 Å². The van der Waals surface area contributed by atoms with E-state index in [0.29, 0.717) is 6.79 Å². The SMILES string of the molecule is COCO[C@H]1CCCCC[C@H](C)OC(=O)/C=C/[C@@H](OCOC)CC1. The van der Waals surface area contributed by atoms with Crippen molar-refractivity contribution in [3.8, 4) is 0 Å². The van der Waals surface area contributed by atoms with Gasteiger partial charge in [-0.05, 0) is 45.1 Å². The summed E-state index contributed by atoms with van der Waals surface area (Å²) in [5.41, 5.74) is 0. The molecule has 3 atom stereocenters. The summed E-state index contributed by atoms with van der Waals surface area (Å²) in [4.78, 5) is 11.9. The van der Waals surface area contributed by atoms with E-state index in [1.54, 1.807) is 20.3 Å². The molecule has 1 heterocycles. The van der Waals surface area contributed by atoms with Crippen LogP contribution in [0.15, 0.2) is 12.2 Å². The molecule has 0 saturated heterocycles. The summed E-state index contributed by atoms with van der Waals surface area (Å²) in [5.74, 6) is -0.322. The zero-order valence-corrected chi connectivity index (χ0v) is 15.2. The van der Waals surface area contributed by atoms with Crippen LogP contribution >= 0.6 is 0 Å². The van der Waals surface area contributed by atoms with Crippen molar-refractivity contribution >= 4 is 5.97 Å². The quantitative estimate of drug-likeness (QED) is 0.545. The molecule has 1 aliphatic heterocycles. The third-order valence-corrected chi connectivity index (χ3v) is 4.00. The van der Waals surface area contributed by atoms with Crippen LogP contribution in [-0.4, -0.2) is 52.1 Å². The molecule has 0 spiro atoms. The van der Waals surface area contributed by atoms with Crippen LogP contribution in [0, 0.1) is 0 Å². The lowest BCUT2D eigenvalue weighted by Crippen LogP contribution is -2.20. The van der Waals surface area contributed by atoms with E-state index in [4.69, 9.17) is 23.7 Å². The number of esters is 1. The van der Waals surface area contributed by atoms with Crippen molar-refractivity contribution in [2.45, 2.75) is 70.2 Å². The second-order valence-electron chi connectivity index (χ2n) is 6.13. The minimum Gasteiger partial charge on any atom is -0.460 e. The van der Waals surface area contributed by atoms with Gasteiger partial charge in [0.15, 0.2) is 0 Å². The Balaban J connectivity index is 2.67. The minimum absolute atomic E-state index is 0.0658. The van der Waals surface area contributed by atoms with Crippen molar-refractivity contribution in [2.24, 2.45) is 0 Å². The first-order valence-electron chi connectivity index (χ1n) is 8.75. The molecular weight excluding hydrogens is 312 g/mol. The fraction of sp³-hybridized carbons (Fsp3) is 0.833. The van der Waals surface area contributed by atoms with Crippen LogP contribution in [0.4, 0.5) is 0 Å². The van der Waals surface area contributed by atoms with Crippen molar-refractivity contribution in [3.63, 3.8) is 0 Å². The molecule has 6 heteroatoms. The second kappa shape index (κ2) is 13.4. The maximum Gasteiger partial charge on any atom is 0.330 e. The highest BCUT2D eigenvalue weighted by atomic mass is 16.7. The van der Waals surface area contributed by atoms with Crippen molar-refractivity contribution in [3.05, 3.63) is 12.2 Å². The second-order valence-corrected chi connectivity index (χ2v) is 6.13. The van der Waals surface area contributed by atoms with Gasteiger partial charge in [-0.2, -0.15) is 0 Å². The number of methoxy groups -OCH3 is 2. The summed E-state index contributed by atoms with van der Waals surface area (Å²) in [5, 5.41) is 0. The maximum absolute atomic E-state index is 11.9. The van der Waals surface area contributed by atoms with E-state index >= 15 is 0 Å². The number of rotatable bonds is 6. The molecule has 24 heavy (non-hydrogen) atoms. The third kappa shape index (κ3) is 10.0. The first-order chi connectivity index (χ1) is 11.7. The van der Waals surface area contributed by atoms with Crippen LogP contribution < -0.4 is 0 Å². The van der Waals surface area contributed by atoms with Crippen LogP contribution in [0.1, 0.15) is 51.9 Å². The molecule has 0 saturated carbocycles. The summed E-state index contributed by atoms with van der Waals surface area (Å²) >= 11 is 0. The van der Waals surface area contributed by atoms with E-state index in [-0.39, 0.29) is 31.1 Å². The molecule has 1 aliphatic rings. The van der Waals surface area contributed by atoms with Crippen LogP contribution in [0.2, 0.25) is 0 Å². The zero-order chi connectivity index (χ0) is 17.6. The Bertz CT molecular complexity index is 357. The molecule has 0 fully saturated rings. The van der Waals surface area contributed by atoms with Crippen LogP contribution in [-0.2, 0) is 28.5 Å². The molecule has 0 bridgehead atoms. The van der Waals surface area contributed by atoms with Gasteiger partial charge in [0, 0.05) is 20.3 Å². The topological polar surface area (TPSA) is 63.2 Å². The van der Waals surface area contributed by atoms with E-state index < -0.39 is 0 Å². The van der Waals surface area contributed by atoms with Gasteiger partial charge >= 0.3 is 5.97 Å². The highest BCUT2D eigenvalue weighted by molar-refractivity contribution is 5.82. The van der Waals surface area contributed by atoms with E-state index in [1.165, 1.54) is 6.08 Å². The number of ether oxygens (including phenoxy) is 5. The van der Waals surface area contributed by atoms with Gasteiger partial charge in [0.05, 0.1) is 18.3 Å². The molecule has 0 N–H and O–H groups in total. The largest absolute Gasteiger partial charge is 0.460 e. The summed E-state index contributed by atoms with van der Waals surface area (Å²) in [6, 6.07) is 0. The van der Waals surface area contributed by atoms with Gasteiger partial charge in [0.25, 0.3) is 0 Å². The van der Waals surface area contributed by atoms with Gasteiger partial charge in [0.2, 0.25) is 0 Å². The Kier molecular flexibility index (Phi) is 11.7. The molecule has 0 radical (unpaired) electrons. The zero-order valence-electron chi connectivity index (χ0n) is 15.2. The predicted molar refractivity (Wildman–Crippen MR) is 90.5 cm³/mol. The molecule has 6 nitrogen and oxygen atoms in total. The molecule has 0 aromatic heterocycles. The molecule has 140 valence electrons. The Morgan fingerprint density at radius 1 is 1.00 bits per heavy atom. The van der Waals surface area contributed by atoms with Gasteiger partial charge in [-0.15, -0.1) is 0 Å². The van der Waals surface area contributed by atoms with Crippen LogP contribution in [0.25, 0.3) is 0 Å². The van der Waals surface area contributed by atoms with Gasteiger partial charge < -0.3 is 23.7 Å². The molecule has 0 amide bonds. The number of hydrogen-bond donors (Lipinski definition) is 0. The number of carbonyl (C=O) groups excluding carboxylic acids is 1. The highest BCUT2D eigenvalue weighted by Gasteiger charge is 2.15. The minimum atomic E-state index is -0.322. The number of carbonyl (C=O) groups is 1. The molecule has 0 aliphatic carbocycles. The Morgan fingerprint density at radius 2 is 1.71 bits per heavy atom. The van der Waals surface area contributed by atoms with E-state index in [9.17, 15) is 4.79 Å². The van der Waals surface area contributed by atoms with E-state index in [1.807, 2.05) is 6.92 Å². The molecule has 0 aromatic carbocycles. The van der Waals surface area contributed by atoms with E-state index in [0.717, 1.165) is 44.9 Å². The smallest absolute Gasteiger partial charge is 0.330 e. The summed E-state index contributed by atoms with van der Waals surface area (Å²) in [6.07, 6.45) is 9.78. The van der Waals surface area contributed by atoms with Gasteiger partial charge in [0.1, 0.15) is 13.6 Å². The van der Waals surface area contributed by atoms with E-state index in [2.05, 4.69) is 0 Å².